The number of carboxylic acid groups (broad SMARTS) is 1. The van der Waals surface area contributed by atoms with Crippen LogP contribution in [0.2, 0.25) is 0 Å². The van der Waals surface area contributed by atoms with E-state index < -0.39 is 23.5 Å². The van der Waals surface area contributed by atoms with Crippen molar-refractivity contribution in [3.63, 3.8) is 0 Å². The van der Waals surface area contributed by atoms with Crippen molar-refractivity contribution in [2.45, 2.75) is 57.9 Å². The molecular formula is C11H21NO4. The zero-order valence-corrected chi connectivity index (χ0v) is 10.4. The first kappa shape index (κ1) is 13.3. The van der Waals surface area contributed by atoms with Gasteiger partial charge in [0.15, 0.2) is 0 Å². The van der Waals surface area contributed by atoms with Gasteiger partial charge in [-0.05, 0) is 26.7 Å². The van der Waals surface area contributed by atoms with Crippen LogP contribution in [-0.2, 0) is 4.74 Å². The Kier molecular flexibility index (Phi) is 3.50. The van der Waals surface area contributed by atoms with E-state index in [1.807, 2.05) is 13.8 Å². The van der Waals surface area contributed by atoms with Gasteiger partial charge in [-0.15, -0.1) is 0 Å². The van der Waals surface area contributed by atoms with E-state index in [1.165, 1.54) is 4.90 Å². The minimum Gasteiger partial charge on any atom is -0.465 e. The normalized spacial score (nSPS) is 24.8. The number of hydrogen-bond acceptors (Lipinski definition) is 3. The third-order valence-corrected chi connectivity index (χ3v) is 3.54. The summed E-state index contributed by atoms with van der Waals surface area (Å²) in [7, 11) is 0. The fraction of sp³-hybridized carbons (Fsp3) is 0.909. The van der Waals surface area contributed by atoms with E-state index in [0.29, 0.717) is 12.8 Å². The Balaban J connectivity index is 3.02. The van der Waals surface area contributed by atoms with Gasteiger partial charge >= 0.3 is 6.09 Å². The van der Waals surface area contributed by atoms with Crippen LogP contribution >= 0.6 is 0 Å². The summed E-state index contributed by atoms with van der Waals surface area (Å²) in [5, 5.41) is 19.6. The first-order valence-corrected chi connectivity index (χ1v) is 5.67. The van der Waals surface area contributed by atoms with Gasteiger partial charge in [-0.25, -0.2) is 4.79 Å². The van der Waals surface area contributed by atoms with Crippen molar-refractivity contribution >= 4 is 6.09 Å². The molecule has 1 aliphatic rings. The lowest BCUT2D eigenvalue weighted by Gasteiger charge is -2.39. The molecule has 1 aliphatic heterocycles. The average molecular weight is 231 g/mol. The summed E-state index contributed by atoms with van der Waals surface area (Å²) in [6.45, 7) is 7.36. The number of amides is 1. The van der Waals surface area contributed by atoms with Crippen molar-refractivity contribution in [1.82, 2.24) is 4.90 Å². The van der Waals surface area contributed by atoms with E-state index in [1.54, 1.807) is 13.8 Å². The fourth-order valence-corrected chi connectivity index (χ4v) is 2.28. The van der Waals surface area contributed by atoms with Crippen molar-refractivity contribution in [3.05, 3.63) is 0 Å². The van der Waals surface area contributed by atoms with Crippen molar-refractivity contribution < 1.29 is 19.7 Å². The van der Waals surface area contributed by atoms with Gasteiger partial charge in [0.1, 0.15) is 5.72 Å². The molecule has 1 saturated heterocycles. The maximum atomic E-state index is 11.2. The van der Waals surface area contributed by atoms with E-state index in [2.05, 4.69) is 0 Å². The lowest BCUT2D eigenvalue weighted by atomic mass is 9.88. The van der Waals surface area contributed by atoms with Crippen LogP contribution in [-0.4, -0.2) is 45.2 Å². The third-order valence-electron chi connectivity index (χ3n) is 3.54. The van der Waals surface area contributed by atoms with Crippen LogP contribution in [0.4, 0.5) is 4.79 Å². The molecule has 2 N–H and O–H groups in total. The van der Waals surface area contributed by atoms with E-state index in [0.717, 1.165) is 0 Å². The summed E-state index contributed by atoms with van der Waals surface area (Å²) in [5.41, 5.74) is -1.87. The molecule has 5 heteroatoms. The lowest BCUT2D eigenvalue weighted by molar-refractivity contribution is -0.0655. The number of nitrogens with zero attached hydrogens (tertiary/aromatic N) is 1. The van der Waals surface area contributed by atoms with Crippen molar-refractivity contribution in [1.29, 1.82) is 0 Å². The van der Waals surface area contributed by atoms with Crippen LogP contribution in [0.15, 0.2) is 0 Å². The third kappa shape index (κ3) is 2.01. The van der Waals surface area contributed by atoms with Crippen LogP contribution in [0.25, 0.3) is 0 Å². The molecule has 0 radical (unpaired) electrons. The summed E-state index contributed by atoms with van der Waals surface area (Å²) in [6, 6.07) is -0.491. The topological polar surface area (TPSA) is 70.0 Å². The first-order valence-electron chi connectivity index (χ1n) is 5.67. The van der Waals surface area contributed by atoms with Gasteiger partial charge < -0.3 is 14.9 Å². The summed E-state index contributed by atoms with van der Waals surface area (Å²) in [6.07, 6.45) is -0.0257. The highest BCUT2D eigenvalue weighted by molar-refractivity contribution is 5.67. The van der Waals surface area contributed by atoms with E-state index in [-0.39, 0.29) is 6.61 Å². The Bertz CT molecular complexity index is 273. The van der Waals surface area contributed by atoms with Crippen molar-refractivity contribution in [2.24, 2.45) is 0 Å². The summed E-state index contributed by atoms with van der Waals surface area (Å²) < 4.78 is 5.46. The van der Waals surface area contributed by atoms with Crippen LogP contribution in [0.5, 0.6) is 0 Å². The van der Waals surface area contributed by atoms with Gasteiger partial charge in [0, 0.05) is 0 Å². The van der Waals surface area contributed by atoms with Gasteiger partial charge in [0.05, 0.1) is 18.2 Å². The Morgan fingerprint density at radius 1 is 1.50 bits per heavy atom. The summed E-state index contributed by atoms with van der Waals surface area (Å²) >= 11 is 0. The maximum absolute atomic E-state index is 11.2. The van der Waals surface area contributed by atoms with Gasteiger partial charge in [-0.2, -0.15) is 0 Å². The highest BCUT2D eigenvalue weighted by Gasteiger charge is 2.51. The minimum absolute atomic E-state index is 0.248. The minimum atomic E-state index is -1.05. The molecule has 0 aliphatic carbocycles. The highest BCUT2D eigenvalue weighted by atomic mass is 16.5. The van der Waals surface area contributed by atoms with Crippen molar-refractivity contribution in [2.75, 3.05) is 6.61 Å². The predicted octanol–water partition coefficient (Wildman–Crippen LogP) is 1.65. The van der Waals surface area contributed by atoms with Crippen molar-refractivity contribution in [3.8, 4) is 0 Å². The Hall–Kier alpha value is -0.810. The second-order valence-corrected chi connectivity index (χ2v) is 4.74. The second kappa shape index (κ2) is 4.22. The molecule has 0 aromatic rings. The molecular weight excluding hydrogens is 210 g/mol. The molecule has 1 atom stereocenters. The standard InChI is InChI=1S/C11H21NO4/c1-5-11(15,6-2)8-7-16-10(3,4)12(8)9(13)14/h8,15H,5-7H2,1-4H3,(H,13,14)/t8-/m1/s1. The molecule has 5 nitrogen and oxygen atoms in total. The van der Waals surface area contributed by atoms with Gasteiger partial charge in [-0.1, -0.05) is 13.8 Å². The SMILES string of the molecule is CCC(O)(CC)[C@H]1COC(C)(C)N1C(=O)O. The smallest absolute Gasteiger partial charge is 0.410 e. The fourth-order valence-electron chi connectivity index (χ4n) is 2.28. The second-order valence-electron chi connectivity index (χ2n) is 4.74. The molecule has 94 valence electrons. The van der Waals surface area contributed by atoms with Crippen LogP contribution < -0.4 is 0 Å². The molecule has 0 aromatic heterocycles. The quantitative estimate of drug-likeness (QED) is 0.775. The Labute approximate surface area is 96.0 Å². The number of carbonyl (C=O) groups is 1. The molecule has 0 unspecified atom stereocenters. The van der Waals surface area contributed by atoms with Crippen LogP contribution in [0.1, 0.15) is 40.5 Å². The van der Waals surface area contributed by atoms with E-state index >= 15 is 0 Å². The molecule has 0 spiro atoms. The number of aliphatic hydroxyl groups is 1. The molecule has 1 rings (SSSR count). The number of ether oxygens (including phenoxy) is 1. The molecule has 0 saturated carbocycles. The highest BCUT2D eigenvalue weighted by Crippen LogP contribution is 2.35. The largest absolute Gasteiger partial charge is 0.465 e. The molecule has 0 aromatic carbocycles. The lowest BCUT2D eigenvalue weighted by Crippen LogP contribution is -2.56. The molecule has 1 fully saturated rings. The Morgan fingerprint density at radius 2 is 2.00 bits per heavy atom. The van der Waals surface area contributed by atoms with Gasteiger partial charge in [0.2, 0.25) is 0 Å². The molecule has 1 heterocycles. The van der Waals surface area contributed by atoms with Gasteiger partial charge in [-0.3, -0.25) is 4.90 Å². The first-order chi connectivity index (χ1) is 7.28. The monoisotopic (exact) mass is 231 g/mol. The number of hydrogen-bond donors (Lipinski definition) is 2. The Morgan fingerprint density at radius 3 is 2.38 bits per heavy atom. The molecule has 0 bridgehead atoms. The predicted molar refractivity (Wildman–Crippen MR) is 59.2 cm³/mol. The average Bonchev–Trinajstić information content (AvgIpc) is 2.53. The molecule has 16 heavy (non-hydrogen) atoms. The van der Waals surface area contributed by atoms with Crippen LogP contribution in [0.3, 0.4) is 0 Å². The maximum Gasteiger partial charge on any atom is 0.410 e. The number of rotatable bonds is 3. The zero-order valence-electron chi connectivity index (χ0n) is 10.4. The summed E-state index contributed by atoms with van der Waals surface area (Å²) in [4.78, 5) is 12.5. The zero-order chi connectivity index (χ0) is 12.6. The van der Waals surface area contributed by atoms with E-state index in [9.17, 15) is 15.0 Å². The summed E-state index contributed by atoms with van der Waals surface area (Å²) in [5.74, 6) is 0. The van der Waals surface area contributed by atoms with Crippen LogP contribution in [0, 0.1) is 0 Å². The molecule has 1 amide bonds. The van der Waals surface area contributed by atoms with E-state index in [4.69, 9.17) is 4.74 Å². The van der Waals surface area contributed by atoms with Gasteiger partial charge in [0.25, 0.3) is 0 Å².